The molecule has 0 atom stereocenters. The Hall–Kier alpha value is -0.710. The molecule has 0 radical (unpaired) electrons. The Morgan fingerprint density at radius 2 is 2.18 bits per heavy atom. The molecule has 94 valence electrons. The third-order valence-corrected chi connectivity index (χ3v) is 4.39. The largest absolute Gasteiger partial charge is 0.314 e. The van der Waals surface area contributed by atoms with Crippen LogP contribution in [0.3, 0.4) is 0 Å². The van der Waals surface area contributed by atoms with E-state index < -0.39 is 0 Å². The van der Waals surface area contributed by atoms with Gasteiger partial charge in [0.15, 0.2) is 0 Å². The van der Waals surface area contributed by atoms with Crippen LogP contribution in [0.2, 0.25) is 0 Å². The Morgan fingerprint density at radius 1 is 1.47 bits per heavy atom. The molecule has 1 aliphatic heterocycles. The normalized spacial score (nSPS) is 19.6. The van der Waals surface area contributed by atoms with Crippen molar-refractivity contribution in [1.82, 2.24) is 15.2 Å². The number of piperazine rings is 1. The molecule has 0 aromatic carbocycles. The third-order valence-electron chi connectivity index (χ3n) is 3.66. The van der Waals surface area contributed by atoms with Crippen LogP contribution in [-0.2, 0) is 0 Å². The van der Waals surface area contributed by atoms with Gasteiger partial charge in [-0.05, 0) is 26.8 Å². The molecule has 1 saturated heterocycles. The Kier molecular flexibility index (Phi) is 3.97. The summed E-state index contributed by atoms with van der Waals surface area (Å²) >= 11 is 1.70. The first-order chi connectivity index (χ1) is 8.10. The summed E-state index contributed by atoms with van der Waals surface area (Å²) in [5.41, 5.74) is 1.50. The maximum absolute atomic E-state index is 4.33. The van der Waals surface area contributed by atoms with Crippen molar-refractivity contribution < 1.29 is 0 Å². The third kappa shape index (κ3) is 2.94. The summed E-state index contributed by atoms with van der Waals surface area (Å²) in [7, 11) is 0. The minimum Gasteiger partial charge on any atom is -0.314 e. The van der Waals surface area contributed by atoms with E-state index in [4.69, 9.17) is 0 Å². The SMILES string of the molecule is C/C(=C\c1nccs1)C(C)(C)N1CCNCC1. The van der Waals surface area contributed by atoms with Gasteiger partial charge in [0, 0.05) is 43.3 Å². The molecule has 1 fully saturated rings. The van der Waals surface area contributed by atoms with Crippen LogP contribution in [0.4, 0.5) is 0 Å². The van der Waals surface area contributed by atoms with Crippen LogP contribution < -0.4 is 5.32 Å². The summed E-state index contributed by atoms with van der Waals surface area (Å²) in [5, 5.41) is 6.53. The first-order valence-electron chi connectivity index (χ1n) is 6.15. The van der Waals surface area contributed by atoms with Crippen LogP contribution in [0.25, 0.3) is 6.08 Å². The Morgan fingerprint density at radius 3 is 2.76 bits per heavy atom. The summed E-state index contributed by atoms with van der Waals surface area (Å²) in [4.78, 5) is 6.87. The number of hydrogen-bond donors (Lipinski definition) is 1. The molecule has 4 heteroatoms. The molecule has 3 nitrogen and oxygen atoms in total. The molecular formula is C13H21N3S. The fraction of sp³-hybridized carbons (Fsp3) is 0.615. The van der Waals surface area contributed by atoms with Crippen molar-refractivity contribution >= 4 is 17.4 Å². The smallest absolute Gasteiger partial charge is 0.116 e. The minimum atomic E-state index is 0.119. The lowest BCUT2D eigenvalue weighted by Crippen LogP contribution is -2.53. The van der Waals surface area contributed by atoms with E-state index in [1.54, 1.807) is 11.3 Å². The number of aromatic nitrogens is 1. The van der Waals surface area contributed by atoms with Gasteiger partial charge in [-0.3, -0.25) is 4.90 Å². The number of thiazole rings is 1. The van der Waals surface area contributed by atoms with Gasteiger partial charge in [-0.15, -0.1) is 11.3 Å². The zero-order valence-electron chi connectivity index (χ0n) is 10.9. The standard InChI is InChI=1S/C13H21N3S/c1-11(10-12-15-6-9-17-12)13(2,3)16-7-4-14-5-8-16/h6,9-10,14H,4-5,7-8H2,1-3H3/b11-10+. The second-order valence-electron chi connectivity index (χ2n) is 4.99. The lowest BCUT2D eigenvalue weighted by Gasteiger charge is -2.42. The van der Waals surface area contributed by atoms with E-state index in [2.05, 4.69) is 42.0 Å². The van der Waals surface area contributed by atoms with Gasteiger partial charge in [0.1, 0.15) is 5.01 Å². The monoisotopic (exact) mass is 251 g/mol. The van der Waals surface area contributed by atoms with E-state index >= 15 is 0 Å². The van der Waals surface area contributed by atoms with Crippen LogP contribution in [0, 0.1) is 0 Å². The maximum atomic E-state index is 4.33. The van der Waals surface area contributed by atoms with Gasteiger partial charge >= 0.3 is 0 Å². The summed E-state index contributed by atoms with van der Waals surface area (Å²) < 4.78 is 0. The van der Waals surface area contributed by atoms with Gasteiger partial charge in [0.05, 0.1) is 0 Å². The molecule has 1 aliphatic rings. The lowest BCUT2D eigenvalue weighted by atomic mass is 9.92. The molecule has 1 aromatic heterocycles. The van der Waals surface area contributed by atoms with E-state index in [9.17, 15) is 0 Å². The summed E-state index contributed by atoms with van der Waals surface area (Å²) in [6.07, 6.45) is 4.08. The molecule has 0 amide bonds. The van der Waals surface area contributed by atoms with E-state index in [1.165, 1.54) is 5.57 Å². The molecule has 0 saturated carbocycles. The van der Waals surface area contributed by atoms with Crippen molar-refractivity contribution in [2.75, 3.05) is 26.2 Å². The molecule has 1 N–H and O–H groups in total. The zero-order valence-corrected chi connectivity index (χ0v) is 11.7. The van der Waals surface area contributed by atoms with Crippen molar-refractivity contribution in [3.05, 3.63) is 22.2 Å². The summed E-state index contributed by atoms with van der Waals surface area (Å²) in [5.74, 6) is 0. The van der Waals surface area contributed by atoms with Gasteiger partial charge in [0.25, 0.3) is 0 Å². The Balaban J connectivity index is 2.13. The Bertz CT molecular complexity index is 375. The van der Waals surface area contributed by atoms with E-state index in [0.717, 1.165) is 31.2 Å². The zero-order chi connectivity index (χ0) is 12.3. The van der Waals surface area contributed by atoms with Gasteiger partial charge in [-0.2, -0.15) is 0 Å². The van der Waals surface area contributed by atoms with Gasteiger partial charge < -0.3 is 5.32 Å². The van der Waals surface area contributed by atoms with Crippen LogP contribution in [-0.4, -0.2) is 41.6 Å². The van der Waals surface area contributed by atoms with Crippen molar-refractivity contribution in [2.24, 2.45) is 0 Å². The van der Waals surface area contributed by atoms with Crippen LogP contribution in [0.1, 0.15) is 25.8 Å². The number of nitrogens with one attached hydrogen (secondary N) is 1. The van der Waals surface area contributed by atoms with Crippen LogP contribution >= 0.6 is 11.3 Å². The van der Waals surface area contributed by atoms with E-state index in [1.807, 2.05) is 11.6 Å². The van der Waals surface area contributed by atoms with Crippen molar-refractivity contribution in [3.8, 4) is 0 Å². The summed E-state index contributed by atoms with van der Waals surface area (Å²) in [6.45, 7) is 11.2. The lowest BCUT2D eigenvalue weighted by molar-refractivity contribution is 0.133. The predicted molar refractivity (Wildman–Crippen MR) is 74.3 cm³/mol. The minimum absolute atomic E-state index is 0.119. The highest BCUT2D eigenvalue weighted by Crippen LogP contribution is 2.26. The molecule has 2 heterocycles. The quantitative estimate of drug-likeness (QED) is 0.893. The summed E-state index contributed by atoms with van der Waals surface area (Å²) in [6, 6.07) is 0. The second kappa shape index (κ2) is 5.29. The van der Waals surface area contributed by atoms with Crippen LogP contribution in [0.5, 0.6) is 0 Å². The van der Waals surface area contributed by atoms with E-state index in [-0.39, 0.29) is 5.54 Å². The molecule has 0 aliphatic carbocycles. The van der Waals surface area contributed by atoms with Gasteiger partial charge in [-0.1, -0.05) is 5.57 Å². The molecule has 0 spiro atoms. The molecule has 0 unspecified atom stereocenters. The topological polar surface area (TPSA) is 28.2 Å². The highest BCUT2D eigenvalue weighted by Gasteiger charge is 2.29. The first-order valence-corrected chi connectivity index (χ1v) is 7.03. The van der Waals surface area contributed by atoms with Crippen LogP contribution in [0.15, 0.2) is 17.2 Å². The molecular weight excluding hydrogens is 230 g/mol. The molecule has 0 bridgehead atoms. The molecule has 1 aromatic rings. The molecule has 17 heavy (non-hydrogen) atoms. The fourth-order valence-corrected chi connectivity index (χ4v) is 2.77. The maximum Gasteiger partial charge on any atom is 0.116 e. The van der Waals surface area contributed by atoms with Crippen molar-refractivity contribution in [3.63, 3.8) is 0 Å². The van der Waals surface area contributed by atoms with Gasteiger partial charge in [0.2, 0.25) is 0 Å². The van der Waals surface area contributed by atoms with E-state index in [0.29, 0.717) is 0 Å². The average Bonchev–Trinajstić information content (AvgIpc) is 2.83. The highest BCUT2D eigenvalue weighted by atomic mass is 32.1. The van der Waals surface area contributed by atoms with Crippen molar-refractivity contribution in [2.45, 2.75) is 26.3 Å². The Labute approximate surface area is 108 Å². The first kappa shape index (κ1) is 12.7. The number of nitrogens with zero attached hydrogens (tertiary/aromatic N) is 2. The predicted octanol–water partition coefficient (Wildman–Crippen LogP) is 2.23. The second-order valence-corrected chi connectivity index (χ2v) is 5.92. The molecule has 2 rings (SSSR count). The highest BCUT2D eigenvalue weighted by molar-refractivity contribution is 7.10. The fourth-order valence-electron chi connectivity index (χ4n) is 2.14. The number of hydrogen-bond acceptors (Lipinski definition) is 4. The number of rotatable bonds is 3. The average molecular weight is 251 g/mol. The van der Waals surface area contributed by atoms with Gasteiger partial charge in [-0.25, -0.2) is 4.98 Å². The van der Waals surface area contributed by atoms with Crippen molar-refractivity contribution in [1.29, 1.82) is 0 Å².